The lowest BCUT2D eigenvalue weighted by Crippen LogP contribution is -2.54. The lowest BCUT2D eigenvalue weighted by molar-refractivity contribution is -0.132. The van der Waals surface area contributed by atoms with Crippen LogP contribution in [0.15, 0.2) is 41.4 Å². The normalized spacial score (nSPS) is 30.3. The fraction of sp³-hybridized carbons (Fsp3) is 0.545. The van der Waals surface area contributed by atoms with E-state index in [1.165, 1.54) is 0 Å². The molecule has 0 spiro atoms. The first-order valence-corrected chi connectivity index (χ1v) is 15.3. The molecule has 0 saturated heterocycles. The van der Waals surface area contributed by atoms with Gasteiger partial charge in [0.05, 0.1) is 36.8 Å². The second-order valence-electron chi connectivity index (χ2n) is 13.0. The van der Waals surface area contributed by atoms with Crippen LogP contribution in [0.3, 0.4) is 0 Å². The molecule has 5 heterocycles. The third-order valence-electron chi connectivity index (χ3n) is 9.59. The molecule has 2 amide bonds. The van der Waals surface area contributed by atoms with E-state index in [0.29, 0.717) is 50.0 Å². The minimum absolute atomic E-state index is 0.0761. The smallest absolute Gasteiger partial charge is 0.251 e. The Morgan fingerprint density at radius 2 is 1.88 bits per heavy atom. The minimum atomic E-state index is -0.680. The Hall–Kier alpha value is -3.59. The van der Waals surface area contributed by atoms with E-state index in [1.807, 2.05) is 39.0 Å². The number of aliphatic imine (C=N–C) groups is 1. The zero-order valence-electron chi connectivity index (χ0n) is 25.0. The number of aliphatic hydroxyl groups excluding tert-OH is 1. The predicted molar refractivity (Wildman–Crippen MR) is 159 cm³/mol. The van der Waals surface area contributed by atoms with Crippen molar-refractivity contribution >= 4 is 17.8 Å². The molecule has 2 unspecified atom stereocenters. The van der Waals surface area contributed by atoms with Crippen LogP contribution >= 0.6 is 0 Å². The van der Waals surface area contributed by atoms with Crippen LogP contribution in [0.5, 0.6) is 11.5 Å². The Morgan fingerprint density at radius 1 is 1.10 bits per heavy atom. The minimum Gasteiger partial charge on any atom is -0.493 e. The van der Waals surface area contributed by atoms with Crippen LogP contribution in [0, 0.1) is 5.92 Å². The topological polar surface area (TPSA) is 126 Å². The van der Waals surface area contributed by atoms with Gasteiger partial charge in [0.25, 0.3) is 5.91 Å². The maximum atomic E-state index is 13.9. The van der Waals surface area contributed by atoms with Crippen molar-refractivity contribution in [1.82, 2.24) is 10.2 Å². The van der Waals surface area contributed by atoms with E-state index in [1.54, 1.807) is 17.0 Å². The van der Waals surface area contributed by atoms with Gasteiger partial charge in [0.15, 0.2) is 5.96 Å². The number of amides is 2. The fourth-order valence-electron chi connectivity index (χ4n) is 7.27. The molecule has 5 aliphatic heterocycles. The van der Waals surface area contributed by atoms with E-state index in [2.05, 4.69) is 18.3 Å². The van der Waals surface area contributed by atoms with E-state index in [0.717, 1.165) is 28.9 Å². The first-order chi connectivity index (χ1) is 20.0. The molecule has 2 aromatic carbocycles. The Morgan fingerprint density at radius 3 is 2.62 bits per heavy atom. The largest absolute Gasteiger partial charge is 0.493 e. The van der Waals surface area contributed by atoms with Gasteiger partial charge in [0.1, 0.15) is 17.1 Å². The summed E-state index contributed by atoms with van der Waals surface area (Å²) in [5.41, 5.74) is 8.57. The Balaban J connectivity index is 1.48. The van der Waals surface area contributed by atoms with E-state index >= 15 is 0 Å². The van der Waals surface area contributed by atoms with Crippen molar-refractivity contribution in [2.45, 2.75) is 102 Å². The lowest BCUT2D eigenvalue weighted by Gasteiger charge is -2.43. The molecular weight excluding hydrogens is 532 g/mol. The monoisotopic (exact) mass is 574 g/mol. The van der Waals surface area contributed by atoms with Crippen molar-refractivity contribution < 1.29 is 24.2 Å². The molecule has 9 nitrogen and oxygen atoms in total. The van der Waals surface area contributed by atoms with Gasteiger partial charge in [0.2, 0.25) is 5.91 Å². The molecule has 0 fully saturated rings. The summed E-state index contributed by atoms with van der Waals surface area (Å²) in [6.45, 7) is 8.57. The first-order valence-electron chi connectivity index (χ1n) is 15.3. The number of hydrogen-bond acceptors (Lipinski definition) is 7. The molecule has 0 aromatic heterocycles. The number of rotatable bonds is 2. The summed E-state index contributed by atoms with van der Waals surface area (Å²) >= 11 is 0. The highest BCUT2D eigenvalue weighted by atomic mass is 16.5. The number of carbonyl (C=O) groups excluding carboxylic acids is 2. The average Bonchev–Trinajstić information content (AvgIpc) is 2.94. The molecule has 5 atom stereocenters. The highest BCUT2D eigenvalue weighted by Crippen LogP contribution is 2.43. The molecule has 2 aromatic rings. The van der Waals surface area contributed by atoms with Gasteiger partial charge >= 0.3 is 0 Å². The molecule has 4 N–H and O–H groups in total. The van der Waals surface area contributed by atoms with Gasteiger partial charge in [0, 0.05) is 29.5 Å². The molecule has 9 heteroatoms. The summed E-state index contributed by atoms with van der Waals surface area (Å²) in [6, 6.07) is 10.7. The summed E-state index contributed by atoms with van der Waals surface area (Å²) in [7, 11) is 0. The van der Waals surface area contributed by atoms with Crippen molar-refractivity contribution in [2.24, 2.45) is 16.6 Å². The number of nitrogens with zero attached hydrogens (tertiary/aromatic N) is 2. The first kappa shape index (κ1) is 28.5. The molecule has 42 heavy (non-hydrogen) atoms. The predicted octanol–water partition coefficient (Wildman–Crippen LogP) is 4.57. The summed E-state index contributed by atoms with van der Waals surface area (Å²) < 4.78 is 12.2. The SMILES string of the molecule is CCC1C[C@]2(CC)CC(=O)N(C(N)=N2)[C@@H]2CCOc3ccc(cc32)C(=O)N[C@H]2CC(C)(C)Oc3ccc(cc32)CC1O. The van der Waals surface area contributed by atoms with Crippen molar-refractivity contribution in [3.05, 3.63) is 58.7 Å². The number of fused-ring (bicyclic) bond motifs is 5. The molecule has 224 valence electrons. The zero-order valence-corrected chi connectivity index (χ0v) is 25.0. The number of aliphatic hydroxyl groups is 1. The summed E-state index contributed by atoms with van der Waals surface area (Å²) in [6.07, 6.45) is 3.12. The van der Waals surface area contributed by atoms with Crippen molar-refractivity contribution in [2.75, 3.05) is 6.61 Å². The van der Waals surface area contributed by atoms with E-state index in [4.69, 9.17) is 20.2 Å². The van der Waals surface area contributed by atoms with Gasteiger partial charge in [-0.2, -0.15) is 0 Å². The number of ether oxygens (including phenoxy) is 2. The maximum absolute atomic E-state index is 13.9. The van der Waals surface area contributed by atoms with E-state index in [9.17, 15) is 14.7 Å². The molecular formula is C33H42N4O5. The van der Waals surface area contributed by atoms with Crippen molar-refractivity contribution in [3.63, 3.8) is 0 Å². The zero-order chi connectivity index (χ0) is 29.8. The maximum Gasteiger partial charge on any atom is 0.251 e. The van der Waals surface area contributed by atoms with Crippen LogP contribution in [-0.2, 0) is 11.2 Å². The highest BCUT2D eigenvalue weighted by molar-refractivity contribution is 6.00. The van der Waals surface area contributed by atoms with Crippen LogP contribution in [0.2, 0.25) is 0 Å². The summed E-state index contributed by atoms with van der Waals surface area (Å²) in [4.78, 5) is 34.2. The Bertz CT molecular complexity index is 1440. The van der Waals surface area contributed by atoms with Crippen molar-refractivity contribution in [3.8, 4) is 11.5 Å². The molecule has 6 bridgehead atoms. The fourth-order valence-corrected chi connectivity index (χ4v) is 7.27. The quantitative estimate of drug-likeness (QED) is 0.482. The van der Waals surface area contributed by atoms with E-state index < -0.39 is 17.2 Å². The van der Waals surface area contributed by atoms with Gasteiger partial charge in [-0.3, -0.25) is 14.5 Å². The van der Waals surface area contributed by atoms with Gasteiger partial charge in [-0.05, 0) is 74.9 Å². The van der Waals surface area contributed by atoms with Crippen LogP contribution < -0.4 is 20.5 Å². The number of benzene rings is 2. The molecule has 0 radical (unpaired) electrons. The van der Waals surface area contributed by atoms with Gasteiger partial charge in [-0.15, -0.1) is 0 Å². The van der Waals surface area contributed by atoms with Crippen LogP contribution in [0.25, 0.3) is 0 Å². The standard InChI is InChI=1S/C33H42N4O5/c1-5-20-16-33(6-2)18-29(39)37(31(34)36-33)25-11-12-41-27-10-8-21(15-23(25)27)30(40)35-24-17-32(3,4)42-28-9-7-19(13-22(24)28)14-26(20)38/h7-10,13,15,20,24-26,38H,5-6,11-12,14,16-18H2,1-4H3,(H2,34,36)(H,35,40)/t20?,24-,25+,26?,33+/m0/s1. The lowest BCUT2D eigenvalue weighted by atomic mass is 9.77. The molecule has 0 aliphatic carbocycles. The molecule has 5 aliphatic rings. The third-order valence-corrected chi connectivity index (χ3v) is 9.59. The van der Waals surface area contributed by atoms with E-state index in [-0.39, 0.29) is 42.2 Å². The highest BCUT2D eigenvalue weighted by Gasteiger charge is 2.44. The van der Waals surface area contributed by atoms with Crippen molar-refractivity contribution in [1.29, 1.82) is 0 Å². The van der Waals surface area contributed by atoms with Gasteiger partial charge in [-0.25, -0.2) is 4.99 Å². The molecule has 7 rings (SSSR count). The summed E-state index contributed by atoms with van der Waals surface area (Å²) in [5, 5.41) is 14.7. The third kappa shape index (κ3) is 5.12. The van der Waals surface area contributed by atoms with Gasteiger partial charge < -0.3 is 25.6 Å². The number of nitrogens with one attached hydrogen (secondary N) is 1. The number of guanidine groups is 1. The average molecular weight is 575 g/mol. The summed E-state index contributed by atoms with van der Waals surface area (Å²) in [5.74, 6) is 1.19. The van der Waals surface area contributed by atoms with Crippen LogP contribution in [0.1, 0.15) is 105 Å². The number of hydrogen-bond donors (Lipinski definition) is 3. The Labute approximate surface area is 247 Å². The second kappa shape index (κ2) is 10.6. The van der Waals surface area contributed by atoms with Crippen LogP contribution in [-0.4, -0.2) is 51.6 Å². The van der Waals surface area contributed by atoms with Crippen LogP contribution in [0.4, 0.5) is 0 Å². The number of carbonyl (C=O) groups is 2. The van der Waals surface area contributed by atoms with Gasteiger partial charge in [-0.1, -0.05) is 26.3 Å². The number of nitrogens with two attached hydrogens (primary N) is 1. The Kier molecular flexibility index (Phi) is 7.20. The molecule has 0 saturated carbocycles. The second-order valence-corrected chi connectivity index (χ2v) is 13.0.